The van der Waals surface area contributed by atoms with Crippen molar-refractivity contribution in [3.05, 3.63) is 34.9 Å². The molecule has 1 saturated heterocycles. The van der Waals surface area contributed by atoms with E-state index in [1.54, 1.807) is 11.0 Å². The van der Waals surface area contributed by atoms with Gasteiger partial charge in [-0.25, -0.2) is 0 Å². The smallest absolute Gasteiger partial charge is 0.242 e. The second kappa shape index (κ2) is 7.58. The molecular formula is C15H20ClN3O3. The van der Waals surface area contributed by atoms with Gasteiger partial charge in [-0.3, -0.25) is 9.59 Å². The second-order valence-corrected chi connectivity index (χ2v) is 5.63. The SMILES string of the molecule is CC1COC(c2ccccc2Cl)CN1C(=O)CNC(=O)CN. The molecule has 7 heteroatoms. The van der Waals surface area contributed by atoms with Crippen molar-refractivity contribution in [3.8, 4) is 0 Å². The minimum Gasteiger partial charge on any atom is -0.369 e. The summed E-state index contributed by atoms with van der Waals surface area (Å²) in [6.45, 7) is 2.55. The zero-order valence-electron chi connectivity index (χ0n) is 12.4. The first kappa shape index (κ1) is 16.7. The summed E-state index contributed by atoms with van der Waals surface area (Å²) < 4.78 is 5.80. The van der Waals surface area contributed by atoms with Gasteiger partial charge in [0.25, 0.3) is 0 Å². The monoisotopic (exact) mass is 325 g/mol. The lowest BCUT2D eigenvalue weighted by Gasteiger charge is -2.38. The van der Waals surface area contributed by atoms with E-state index in [9.17, 15) is 9.59 Å². The number of nitrogens with zero attached hydrogens (tertiary/aromatic N) is 1. The Labute approximate surface area is 134 Å². The fraction of sp³-hybridized carbons (Fsp3) is 0.467. The standard InChI is InChI=1S/C15H20ClN3O3/c1-10-9-22-13(11-4-2-3-5-12(11)16)8-19(10)15(21)7-18-14(20)6-17/h2-5,10,13H,6-9,17H2,1H3,(H,18,20). The summed E-state index contributed by atoms with van der Waals surface area (Å²) in [5.74, 6) is -0.508. The van der Waals surface area contributed by atoms with Gasteiger partial charge in [-0.2, -0.15) is 0 Å². The van der Waals surface area contributed by atoms with Crippen LogP contribution in [0.3, 0.4) is 0 Å². The highest BCUT2D eigenvalue weighted by molar-refractivity contribution is 6.31. The average Bonchev–Trinajstić information content (AvgIpc) is 2.53. The molecular weight excluding hydrogens is 306 g/mol. The Morgan fingerprint density at radius 1 is 1.45 bits per heavy atom. The van der Waals surface area contributed by atoms with Crippen molar-refractivity contribution in [1.82, 2.24) is 10.2 Å². The van der Waals surface area contributed by atoms with E-state index in [4.69, 9.17) is 22.1 Å². The maximum Gasteiger partial charge on any atom is 0.242 e. The molecule has 0 spiro atoms. The van der Waals surface area contributed by atoms with Crippen LogP contribution in [0.2, 0.25) is 5.02 Å². The van der Waals surface area contributed by atoms with E-state index in [-0.39, 0.29) is 37.0 Å². The fourth-order valence-electron chi connectivity index (χ4n) is 2.38. The van der Waals surface area contributed by atoms with Crippen LogP contribution in [0.5, 0.6) is 0 Å². The Kier molecular flexibility index (Phi) is 5.76. The molecule has 22 heavy (non-hydrogen) atoms. The normalized spacial score (nSPS) is 21.5. The molecule has 1 heterocycles. The first-order valence-corrected chi connectivity index (χ1v) is 7.53. The Balaban J connectivity index is 2.03. The number of morpholine rings is 1. The highest BCUT2D eigenvalue weighted by atomic mass is 35.5. The van der Waals surface area contributed by atoms with E-state index in [0.717, 1.165) is 5.56 Å². The molecule has 0 aromatic heterocycles. The van der Waals surface area contributed by atoms with E-state index in [0.29, 0.717) is 18.2 Å². The molecule has 2 rings (SSSR count). The lowest BCUT2D eigenvalue weighted by Crippen LogP contribution is -2.51. The third-order valence-corrected chi connectivity index (χ3v) is 3.97. The van der Waals surface area contributed by atoms with Crippen molar-refractivity contribution in [2.24, 2.45) is 5.73 Å². The lowest BCUT2D eigenvalue weighted by molar-refractivity contribution is -0.144. The van der Waals surface area contributed by atoms with Crippen LogP contribution < -0.4 is 11.1 Å². The van der Waals surface area contributed by atoms with Gasteiger partial charge in [0.2, 0.25) is 11.8 Å². The summed E-state index contributed by atoms with van der Waals surface area (Å²) in [6.07, 6.45) is -0.265. The van der Waals surface area contributed by atoms with Crippen LogP contribution in [0, 0.1) is 0 Å². The summed E-state index contributed by atoms with van der Waals surface area (Å²) in [7, 11) is 0. The minimum absolute atomic E-state index is 0.0546. The number of hydrogen-bond donors (Lipinski definition) is 2. The third kappa shape index (κ3) is 3.97. The maximum atomic E-state index is 12.3. The fourth-order valence-corrected chi connectivity index (χ4v) is 2.63. The highest BCUT2D eigenvalue weighted by Gasteiger charge is 2.31. The van der Waals surface area contributed by atoms with E-state index in [1.165, 1.54) is 0 Å². The van der Waals surface area contributed by atoms with Gasteiger partial charge >= 0.3 is 0 Å². The minimum atomic E-state index is -0.350. The largest absolute Gasteiger partial charge is 0.369 e. The quantitative estimate of drug-likeness (QED) is 0.853. The van der Waals surface area contributed by atoms with Crippen molar-refractivity contribution in [3.63, 3.8) is 0 Å². The molecule has 2 atom stereocenters. The van der Waals surface area contributed by atoms with E-state index in [1.807, 2.05) is 25.1 Å². The van der Waals surface area contributed by atoms with E-state index < -0.39 is 0 Å². The predicted molar refractivity (Wildman–Crippen MR) is 83.4 cm³/mol. The first-order valence-electron chi connectivity index (χ1n) is 7.15. The molecule has 2 amide bonds. The topological polar surface area (TPSA) is 84.7 Å². The van der Waals surface area contributed by atoms with Gasteiger partial charge in [-0.05, 0) is 13.0 Å². The number of hydrogen-bond acceptors (Lipinski definition) is 4. The number of carbonyl (C=O) groups is 2. The summed E-state index contributed by atoms with van der Waals surface area (Å²) in [5, 5.41) is 3.11. The van der Waals surface area contributed by atoms with Crippen LogP contribution in [-0.4, -0.2) is 49.0 Å². The summed E-state index contributed by atoms with van der Waals surface area (Å²) in [6, 6.07) is 7.37. The molecule has 0 bridgehead atoms. The summed E-state index contributed by atoms with van der Waals surface area (Å²) in [4.78, 5) is 25.1. The number of halogens is 1. The number of rotatable bonds is 4. The molecule has 1 aliphatic heterocycles. The molecule has 120 valence electrons. The Morgan fingerprint density at radius 2 is 2.18 bits per heavy atom. The second-order valence-electron chi connectivity index (χ2n) is 5.22. The van der Waals surface area contributed by atoms with Crippen LogP contribution in [0.4, 0.5) is 0 Å². The van der Waals surface area contributed by atoms with Crippen molar-refractivity contribution in [2.75, 3.05) is 26.2 Å². The van der Waals surface area contributed by atoms with Gasteiger partial charge in [0.1, 0.15) is 6.10 Å². The molecule has 0 radical (unpaired) electrons. The van der Waals surface area contributed by atoms with Gasteiger partial charge < -0.3 is 20.7 Å². The molecule has 0 aliphatic carbocycles. The predicted octanol–water partition coefficient (Wildman–Crippen LogP) is 0.703. The average molecular weight is 326 g/mol. The number of nitrogens with one attached hydrogen (secondary N) is 1. The molecule has 1 aliphatic rings. The van der Waals surface area contributed by atoms with Crippen LogP contribution >= 0.6 is 11.6 Å². The number of ether oxygens (including phenoxy) is 1. The Bertz CT molecular complexity index is 553. The zero-order valence-corrected chi connectivity index (χ0v) is 13.2. The highest BCUT2D eigenvalue weighted by Crippen LogP contribution is 2.29. The Morgan fingerprint density at radius 3 is 2.86 bits per heavy atom. The zero-order chi connectivity index (χ0) is 16.1. The summed E-state index contributed by atoms with van der Waals surface area (Å²) >= 11 is 6.19. The van der Waals surface area contributed by atoms with E-state index in [2.05, 4.69) is 5.32 Å². The lowest BCUT2D eigenvalue weighted by atomic mass is 10.1. The molecule has 2 unspecified atom stereocenters. The maximum absolute atomic E-state index is 12.3. The number of carbonyl (C=O) groups excluding carboxylic acids is 2. The van der Waals surface area contributed by atoms with Gasteiger partial charge in [-0.15, -0.1) is 0 Å². The van der Waals surface area contributed by atoms with Gasteiger partial charge in [0.15, 0.2) is 0 Å². The molecule has 0 saturated carbocycles. The van der Waals surface area contributed by atoms with Gasteiger partial charge in [0.05, 0.1) is 32.3 Å². The van der Waals surface area contributed by atoms with Crippen molar-refractivity contribution >= 4 is 23.4 Å². The molecule has 6 nitrogen and oxygen atoms in total. The van der Waals surface area contributed by atoms with Crippen molar-refractivity contribution in [2.45, 2.75) is 19.1 Å². The Hall–Kier alpha value is -1.63. The third-order valence-electron chi connectivity index (χ3n) is 3.63. The van der Waals surface area contributed by atoms with Crippen LogP contribution in [0.1, 0.15) is 18.6 Å². The van der Waals surface area contributed by atoms with Crippen molar-refractivity contribution < 1.29 is 14.3 Å². The first-order chi connectivity index (χ1) is 10.5. The van der Waals surface area contributed by atoms with Crippen molar-refractivity contribution in [1.29, 1.82) is 0 Å². The van der Waals surface area contributed by atoms with Gasteiger partial charge in [-0.1, -0.05) is 29.8 Å². The van der Waals surface area contributed by atoms with Gasteiger partial charge in [0, 0.05) is 10.6 Å². The number of amides is 2. The van der Waals surface area contributed by atoms with E-state index >= 15 is 0 Å². The molecule has 1 fully saturated rings. The number of nitrogens with two attached hydrogens (primary N) is 1. The van der Waals surface area contributed by atoms with Crippen LogP contribution in [-0.2, 0) is 14.3 Å². The molecule has 3 N–H and O–H groups in total. The molecule has 1 aromatic rings. The van der Waals surface area contributed by atoms with Crippen LogP contribution in [0.25, 0.3) is 0 Å². The number of benzene rings is 1. The summed E-state index contributed by atoms with van der Waals surface area (Å²) in [5.41, 5.74) is 6.07. The van der Waals surface area contributed by atoms with Crippen LogP contribution in [0.15, 0.2) is 24.3 Å². The molecule has 1 aromatic carbocycles.